The van der Waals surface area contributed by atoms with Gasteiger partial charge in [0.2, 0.25) is 0 Å². The number of nitrogens with one attached hydrogen (secondary N) is 2. The summed E-state index contributed by atoms with van der Waals surface area (Å²) in [4.78, 5) is 19.3. The van der Waals surface area contributed by atoms with Crippen LogP contribution in [0.5, 0.6) is 0 Å². The smallest absolute Gasteiger partial charge is 0.272 e. The highest BCUT2D eigenvalue weighted by atomic mass is 16.2. The second kappa shape index (κ2) is 6.02. The highest BCUT2D eigenvalue weighted by molar-refractivity contribution is 5.97. The van der Waals surface area contributed by atoms with Crippen molar-refractivity contribution in [3.8, 4) is 0 Å². The van der Waals surface area contributed by atoms with Gasteiger partial charge in [-0.15, -0.1) is 0 Å². The fraction of sp³-hybridized carbons (Fsp3) is 0.625. The van der Waals surface area contributed by atoms with Gasteiger partial charge in [-0.25, -0.2) is 4.98 Å². The molecule has 21 heavy (non-hydrogen) atoms. The number of rotatable bonds is 5. The van der Waals surface area contributed by atoms with E-state index in [0.29, 0.717) is 11.6 Å². The lowest BCUT2D eigenvalue weighted by Crippen LogP contribution is -2.40. The first kappa shape index (κ1) is 14.3. The molecule has 0 bridgehead atoms. The van der Waals surface area contributed by atoms with Crippen LogP contribution in [0.4, 0.5) is 5.69 Å². The number of anilines is 1. The Morgan fingerprint density at radius 2 is 2.24 bits per heavy atom. The van der Waals surface area contributed by atoms with E-state index in [1.54, 1.807) is 6.20 Å². The number of amides is 1. The Bertz CT molecular complexity index is 515. The first-order chi connectivity index (χ1) is 10.2. The Kier molecular flexibility index (Phi) is 4.10. The molecule has 114 valence electrons. The predicted octanol–water partition coefficient (Wildman–Crippen LogP) is 1.73. The quantitative estimate of drug-likeness (QED) is 0.866. The third kappa shape index (κ3) is 3.18. The predicted molar refractivity (Wildman–Crippen MR) is 83.4 cm³/mol. The summed E-state index contributed by atoms with van der Waals surface area (Å²) in [6, 6.07) is 4.75. The first-order valence-electron chi connectivity index (χ1n) is 7.92. The molecule has 5 heteroatoms. The number of carbonyl (C=O) groups excluding carboxylic acids is 1. The van der Waals surface area contributed by atoms with Gasteiger partial charge in [0, 0.05) is 37.9 Å². The molecular formula is C16H24N4O. The second-order valence-electron chi connectivity index (χ2n) is 6.17. The summed E-state index contributed by atoms with van der Waals surface area (Å²) in [5, 5.41) is 6.37. The zero-order valence-electron chi connectivity index (χ0n) is 12.8. The van der Waals surface area contributed by atoms with E-state index < -0.39 is 0 Å². The van der Waals surface area contributed by atoms with E-state index in [2.05, 4.69) is 27.4 Å². The highest BCUT2D eigenvalue weighted by Crippen LogP contribution is 2.31. The van der Waals surface area contributed by atoms with Crippen LogP contribution in [0, 0.1) is 5.92 Å². The van der Waals surface area contributed by atoms with Crippen molar-refractivity contribution < 1.29 is 4.79 Å². The Labute approximate surface area is 126 Å². The van der Waals surface area contributed by atoms with Gasteiger partial charge in [-0.05, 0) is 37.8 Å². The number of nitrogens with zero attached hydrogens (tertiary/aromatic N) is 2. The van der Waals surface area contributed by atoms with Crippen LogP contribution in [0.25, 0.3) is 0 Å². The van der Waals surface area contributed by atoms with E-state index in [0.717, 1.165) is 31.4 Å². The van der Waals surface area contributed by atoms with Crippen molar-refractivity contribution in [2.24, 2.45) is 5.92 Å². The summed E-state index contributed by atoms with van der Waals surface area (Å²) < 4.78 is 0. The Morgan fingerprint density at radius 1 is 1.43 bits per heavy atom. The Hall–Kier alpha value is -1.62. The maximum atomic E-state index is 12.5. The number of hydrogen-bond donors (Lipinski definition) is 2. The minimum Gasteiger partial charge on any atom is -0.383 e. The average Bonchev–Trinajstić information content (AvgIpc) is 3.26. The van der Waals surface area contributed by atoms with E-state index in [1.165, 1.54) is 12.8 Å². The molecular weight excluding hydrogens is 264 g/mol. The van der Waals surface area contributed by atoms with Crippen molar-refractivity contribution in [3.05, 3.63) is 24.0 Å². The molecule has 3 rings (SSSR count). The second-order valence-corrected chi connectivity index (χ2v) is 6.17. The van der Waals surface area contributed by atoms with Gasteiger partial charge in [0.15, 0.2) is 5.69 Å². The molecule has 0 radical (unpaired) electrons. The van der Waals surface area contributed by atoms with E-state index in [-0.39, 0.29) is 11.9 Å². The van der Waals surface area contributed by atoms with E-state index >= 15 is 0 Å². The summed E-state index contributed by atoms with van der Waals surface area (Å²) in [7, 11) is 0. The summed E-state index contributed by atoms with van der Waals surface area (Å²) in [6.07, 6.45) is 4.31. The molecule has 1 saturated heterocycles. The lowest BCUT2D eigenvalue weighted by Gasteiger charge is -2.18. The molecule has 2 fully saturated rings. The minimum atomic E-state index is -0.0685. The number of hydrogen-bond acceptors (Lipinski definition) is 4. The van der Waals surface area contributed by atoms with Crippen molar-refractivity contribution in [1.82, 2.24) is 15.2 Å². The number of aromatic nitrogens is 1. The van der Waals surface area contributed by atoms with Gasteiger partial charge in [-0.2, -0.15) is 0 Å². The normalized spacial score (nSPS) is 25.8. The van der Waals surface area contributed by atoms with E-state index in [9.17, 15) is 4.79 Å². The van der Waals surface area contributed by atoms with Crippen LogP contribution in [0.15, 0.2) is 18.3 Å². The van der Waals surface area contributed by atoms with Gasteiger partial charge in [0.1, 0.15) is 0 Å². The minimum absolute atomic E-state index is 0.0685. The maximum absolute atomic E-state index is 12.5. The van der Waals surface area contributed by atoms with Crippen LogP contribution in [-0.2, 0) is 0 Å². The zero-order chi connectivity index (χ0) is 14.8. The summed E-state index contributed by atoms with van der Waals surface area (Å²) >= 11 is 0. The van der Waals surface area contributed by atoms with Gasteiger partial charge < -0.3 is 10.6 Å². The SMILES string of the molecule is CCNc1cccnc1C(=O)NC1CN(C2CC2)CC1C. The summed E-state index contributed by atoms with van der Waals surface area (Å²) in [5.41, 5.74) is 1.30. The lowest BCUT2D eigenvalue weighted by molar-refractivity contribution is 0.0927. The van der Waals surface area contributed by atoms with Gasteiger partial charge in [-0.1, -0.05) is 6.92 Å². The van der Waals surface area contributed by atoms with Gasteiger partial charge in [0.05, 0.1) is 5.69 Å². The van der Waals surface area contributed by atoms with E-state index in [1.807, 2.05) is 19.1 Å². The van der Waals surface area contributed by atoms with Crippen molar-refractivity contribution in [2.45, 2.75) is 38.8 Å². The molecule has 2 aliphatic rings. The molecule has 1 aromatic rings. The van der Waals surface area contributed by atoms with Crippen molar-refractivity contribution in [3.63, 3.8) is 0 Å². The van der Waals surface area contributed by atoms with Crippen molar-refractivity contribution in [2.75, 3.05) is 25.0 Å². The third-order valence-corrected chi connectivity index (χ3v) is 4.41. The maximum Gasteiger partial charge on any atom is 0.272 e. The average molecular weight is 288 g/mol. The molecule has 1 amide bonds. The zero-order valence-corrected chi connectivity index (χ0v) is 12.8. The molecule has 1 saturated carbocycles. The standard InChI is InChI=1S/C16H24N4O/c1-3-17-13-5-4-8-18-15(13)16(21)19-14-10-20(9-11(14)2)12-6-7-12/h4-5,8,11-12,14,17H,3,6-7,9-10H2,1-2H3,(H,19,21). The molecule has 5 nitrogen and oxygen atoms in total. The molecule has 2 unspecified atom stereocenters. The lowest BCUT2D eigenvalue weighted by atomic mass is 10.1. The molecule has 1 aromatic heterocycles. The fourth-order valence-corrected chi connectivity index (χ4v) is 3.09. The molecule has 2 heterocycles. The topological polar surface area (TPSA) is 57.3 Å². The monoisotopic (exact) mass is 288 g/mol. The Balaban J connectivity index is 1.66. The van der Waals surface area contributed by atoms with Crippen LogP contribution in [-0.4, -0.2) is 47.5 Å². The molecule has 2 atom stereocenters. The summed E-state index contributed by atoms with van der Waals surface area (Å²) in [5.74, 6) is 0.432. The van der Waals surface area contributed by atoms with Crippen molar-refractivity contribution in [1.29, 1.82) is 0 Å². The molecule has 1 aliphatic heterocycles. The fourth-order valence-electron chi connectivity index (χ4n) is 3.09. The first-order valence-corrected chi connectivity index (χ1v) is 7.92. The largest absolute Gasteiger partial charge is 0.383 e. The number of likely N-dealkylation sites (tertiary alicyclic amines) is 1. The number of carbonyl (C=O) groups is 1. The highest BCUT2D eigenvalue weighted by Gasteiger charge is 2.38. The van der Waals surface area contributed by atoms with Gasteiger partial charge in [0.25, 0.3) is 5.91 Å². The third-order valence-electron chi connectivity index (χ3n) is 4.41. The molecule has 0 aromatic carbocycles. The Morgan fingerprint density at radius 3 is 2.95 bits per heavy atom. The van der Waals surface area contributed by atoms with Crippen LogP contribution < -0.4 is 10.6 Å². The van der Waals surface area contributed by atoms with Crippen molar-refractivity contribution >= 4 is 11.6 Å². The van der Waals surface area contributed by atoms with Gasteiger partial charge in [-0.3, -0.25) is 9.69 Å². The van der Waals surface area contributed by atoms with Crippen LogP contribution >= 0.6 is 0 Å². The molecule has 2 N–H and O–H groups in total. The summed E-state index contributed by atoms with van der Waals surface area (Å²) in [6.45, 7) is 7.08. The molecule has 1 aliphatic carbocycles. The van der Waals surface area contributed by atoms with E-state index in [4.69, 9.17) is 0 Å². The van der Waals surface area contributed by atoms with Crippen LogP contribution in [0.2, 0.25) is 0 Å². The molecule has 0 spiro atoms. The van der Waals surface area contributed by atoms with Crippen LogP contribution in [0.1, 0.15) is 37.2 Å². The van der Waals surface area contributed by atoms with Crippen LogP contribution in [0.3, 0.4) is 0 Å². The number of pyridine rings is 1. The van der Waals surface area contributed by atoms with Gasteiger partial charge >= 0.3 is 0 Å².